The van der Waals surface area contributed by atoms with Crippen molar-refractivity contribution >= 4 is 33.0 Å². The van der Waals surface area contributed by atoms with Gasteiger partial charge in [-0.05, 0) is 62.5 Å². The molecule has 0 aromatic heterocycles. The Morgan fingerprint density at radius 3 is 2.48 bits per heavy atom. The summed E-state index contributed by atoms with van der Waals surface area (Å²) in [6.45, 7) is 3.77. The summed E-state index contributed by atoms with van der Waals surface area (Å²) < 4.78 is 27.2. The second-order valence-electron chi connectivity index (χ2n) is 6.37. The number of hydrogen-bond donors (Lipinski definition) is 3. The summed E-state index contributed by atoms with van der Waals surface area (Å²) in [4.78, 5) is 0.0740. The van der Waals surface area contributed by atoms with Crippen molar-refractivity contribution in [3.63, 3.8) is 0 Å². The van der Waals surface area contributed by atoms with E-state index in [0.29, 0.717) is 5.92 Å². The van der Waals surface area contributed by atoms with Gasteiger partial charge in [0.25, 0.3) is 10.0 Å². The molecule has 0 unspecified atom stereocenters. The Hall–Kier alpha value is -1.34. The summed E-state index contributed by atoms with van der Waals surface area (Å²) in [7, 11) is -3.76. The van der Waals surface area contributed by atoms with Crippen LogP contribution < -0.4 is 15.8 Å². The number of rotatable bonds is 4. The molecule has 0 heterocycles. The zero-order chi connectivity index (χ0) is 17.0. The summed E-state index contributed by atoms with van der Waals surface area (Å²) in [5.74, 6) is 0.486. The van der Waals surface area contributed by atoms with Crippen LogP contribution >= 0.6 is 12.2 Å². The molecule has 23 heavy (non-hydrogen) atoms. The van der Waals surface area contributed by atoms with Gasteiger partial charge in [-0.3, -0.25) is 4.72 Å². The van der Waals surface area contributed by atoms with E-state index in [2.05, 4.69) is 10.0 Å². The third-order valence-corrected chi connectivity index (χ3v) is 5.82. The highest BCUT2D eigenvalue weighted by Gasteiger charge is 2.22. The van der Waals surface area contributed by atoms with E-state index in [-0.39, 0.29) is 21.7 Å². The average Bonchev–Trinajstić information content (AvgIpc) is 2.46. The van der Waals surface area contributed by atoms with Crippen molar-refractivity contribution in [2.24, 2.45) is 0 Å². The van der Waals surface area contributed by atoms with Crippen LogP contribution in [0.25, 0.3) is 0 Å². The van der Waals surface area contributed by atoms with Gasteiger partial charge in [-0.15, -0.1) is 0 Å². The molecule has 0 aliphatic heterocycles. The lowest BCUT2D eigenvalue weighted by Gasteiger charge is -2.22. The van der Waals surface area contributed by atoms with E-state index in [1.165, 1.54) is 19.3 Å². The van der Waals surface area contributed by atoms with Crippen LogP contribution in [-0.4, -0.2) is 19.6 Å². The molecule has 7 heteroatoms. The lowest BCUT2D eigenvalue weighted by Crippen LogP contribution is -2.42. The van der Waals surface area contributed by atoms with Crippen LogP contribution in [0.2, 0.25) is 0 Å². The number of nitrogens with one attached hydrogen (secondary N) is 2. The van der Waals surface area contributed by atoms with Gasteiger partial charge in [0.15, 0.2) is 5.11 Å². The number of nitrogens with two attached hydrogens (primary N) is 1. The first-order valence-corrected chi connectivity index (χ1v) is 9.91. The van der Waals surface area contributed by atoms with Gasteiger partial charge in [0.1, 0.15) is 4.90 Å². The molecule has 1 aliphatic carbocycles. The van der Waals surface area contributed by atoms with Crippen LogP contribution in [0.15, 0.2) is 23.1 Å². The Kier molecular flexibility index (Phi) is 5.86. The zero-order valence-electron chi connectivity index (χ0n) is 13.6. The predicted molar refractivity (Wildman–Crippen MR) is 97.9 cm³/mol. The maximum Gasteiger partial charge on any atom is 0.265 e. The second kappa shape index (κ2) is 7.49. The number of benzene rings is 1. The van der Waals surface area contributed by atoms with Crippen LogP contribution in [0.1, 0.15) is 57.4 Å². The van der Waals surface area contributed by atoms with Crippen LogP contribution in [0, 0.1) is 0 Å². The van der Waals surface area contributed by atoms with Gasteiger partial charge >= 0.3 is 0 Å². The molecular formula is C16H25N3O2S2. The fourth-order valence-corrected chi connectivity index (χ4v) is 4.56. The average molecular weight is 356 g/mol. The monoisotopic (exact) mass is 355 g/mol. The molecule has 0 amide bonds. The normalized spacial score (nSPS) is 16.3. The summed E-state index contributed by atoms with van der Waals surface area (Å²) in [5, 5.41) is 2.93. The van der Waals surface area contributed by atoms with E-state index in [1.54, 1.807) is 12.1 Å². The van der Waals surface area contributed by atoms with Gasteiger partial charge in [-0.1, -0.05) is 25.3 Å². The van der Waals surface area contributed by atoms with Crippen LogP contribution in [-0.2, 0) is 10.0 Å². The van der Waals surface area contributed by atoms with Crippen LogP contribution in [0.3, 0.4) is 0 Å². The lowest BCUT2D eigenvalue weighted by molar-refractivity contribution is 0.443. The Labute approximate surface area is 144 Å². The van der Waals surface area contributed by atoms with Crippen molar-refractivity contribution in [3.05, 3.63) is 23.8 Å². The highest BCUT2D eigenvalue weighted by atomic mass is 32.2. The zero-order valence-corrected chi connectivity index (χ0v) is 15.3. The highest BCUT2D eigenvalue weighted by Crippen LogP contribution is 2.34. The largest absolute Gasteiger partial charge is 0.398 e. The number of sulfonamides is 1. The third-order valence-electron chi connectivity index (χ3n) is 4.05. The van der Waals surface area contributed by atoms with E-state index in [1.807, 2.05) is 19.9 Å². The minimum atomic E-state index is -3.76. The van der Waals surface area contributed by atoms with Gasteiger partial charge in [0, 0.05) is 6.04 Å². The van der Waals surface area contributed by atoms with Crippen molar-refractivity contribution in [3.8, 4) is 0 Å². The summed E-state index contributed by atoms with van der Waals surface area (Å²) in [5.41, 5.74) is 7.41. The Morgan fingerprint density at radius 1 is 1.26 bits per heavy atom. The molecule has 0 spiro atoms. The first-order chi connectivity index (χ1) is 10.8. The summed E-state index contributed by atoms with van der Waals surface area (Å²) in [6, 6.07) is 5.30. The molecule has 1 fully saturated rings. The number of anilines is 1. The van der Waals surface area contributed by atoms with Crippen molar-refractivity contribution in [2.45, 2.75) is 62.8 Å². The van der Waals surface area contributed by atoms with Crippen LogP contribution in [0.5, 0.6) is 0 Å². The van der Waals surface area contributed by atoms with E-state index in [4.69, 9.17) is 18.0 Å². The molecule has 1 saturated carbocycles. The van der Waals surface area contributed by atoms with Gasteiger partial charge < -0.3 is 11.1 Å². The number of nitrogen functional groups attached to an aromatic ring is 1. The summed E-state index contributed by atoms with van der Waals surface area (Å²) >= 11 is 5.01. The smallest absolute Gasteiger partial charge is 0.265 e. The van der Waals surface area contributed by atoms with Gasteiger partial charge in [0.05, 0.1) is 5.69 Å². The molecule has 5 nitrogen and oxygen atoms in total. The molecule has 4 N–H and O–H groups in total. The first kappa shape index (κ1) is 18.0. The molecule has 2 rings (SSSR count). The van der Waals surface area contributed by atoms with Gasteiger partial charge in [-0.2, -0.15) is 0 Å². The number of thiocarbonyl (C=S) groups is 1. The maximum atomic E-state index is 12.4. The fourth-order valence-electron chi connectivity index (χ4n) is 2.97. The van der Waals surface area contributed by atoms with Gasteiger partial charge in [-0.25, -0.2) is 8.42 Å². The topological polar surface area (TPSA) is 84.2 Å². The van der Waals surface area contributed by atoms with Gasteiger partial charge in [0.2, 0.25) is 0 Å². The van der Waals surface area contributed by atoms with E-state index < -0.39 is 10.0 Å². The minimum Gasteiger partial charge on any atom is -0.398 e. The molecule has 1 aromatic rings. The predicted octanol–water partition coefficient (Wildman–Crippen LogP) is 2.88. The SMILES string of the molecule is CC(C)NC(=S)NS(=O)(=O)c1ccc(C2CCCCC2)cc1N. The standard InChI is InChI=1S/C16H25N3O2S2/c1-11(2)18-16(22)19-23(20,21)15-9-8-13(10-14(15)17)12-6-4-3-5-7-12/h8-12H,3-7,17H2,1-2H3,(H2,18,19,22). The lowest BCUT2D eigenvalue weighted by atomic mass is 9.84. The summed E-state index contributed by atoms with van der Waals surface area (Å²) in [6.07, 6.45) is 6.02. The Morgan fingerprint density at radius 2 is 1.91 bits per heavy atom. The highest BCUT2D eigenvalue weighted by molar-refractivity contribution is 7.92. The molecule has 1 aromatic carbocycles. The Bertz CT molecular complexity index is 666. The van der Waals surface area contributed by atoms with Crippen molar-refractivity contribution in [2.75, 3.05) is 5.73 Å². The van der Waals surface area contributed by atoms with Crippen molar-refractivity contribution < 1.29 is 8.42 Å². The maximum absolute atomic E-state index is 12.4. The van der Waals surface area contributed by atoms with E-state index in [9.17, 15) is 8.42 Å². The molecule has 1 aliphatic rings. The third kappa shape index (κ3) is 4.81. The number of hydrogen-bond acceptors (Lipinski definition) is 4. The second-order valence-corrected chi connectivity index (χ2v) is 8.42. The van der Waals surface area contributed by atoms with E-state index >= 15 is 0 Å². The van der Waals surface area contributed by atoms with E-state index in [0.717, 1.165) is 18.4 Å². The molecule has 128 valence electrons. The molecular weight excluding hydrogens is 330 g/mol. The fraction of sp³-hybridized carbons (Fsp3) is 0.562. The molecule has 0 saturated heterocycles. The molecule has 0 atom stereocenters. The Balaban J connectivity index is 2.17. The van der Waals surface area contributed by atoms with Crippen molar-refractivity contribution in [1.82, 2.24) is 10.0 Å². The molecule has 0 radical (unpaired) electrons. The minimum absolute atomic E-state index is 0.0521. The molecule has 0 bridgehead atoms. The van der Waals surface area contributed by atoms with Crippen LogP contribution in [0.4, 0.5) is 5.69 Å². The van der Waals surface area contributed by atoms with Crippen molar-refractivity contribution in [1.29, 1.82) is 0 Å². The first-order valence-electron chi connectivity index (χ1n) is 8.02. The quantitative estimate of drug-likeness (QED) is 0.571.